The summed E-state index contributed by atoms with van der Waals surface area (Å²) < 4.78 is 0. The average Bonchev–Trinajstić information content (AvgIpc) is 2.41. The van der Waals surface area contributed by atoms with Crippen LogP contribution in [0.4, 0.5) is 0 Å². The average molecular weight is 166 g/mol. The zero-order chi connectivity index (χ0) is 8.72. The molecule has 4 atom stereocenters. The highest BCUT2D eigenvalue weighted by Gasteiger charge is 2.42. The van der Waals surface area contributed by atoms with Crippen molar-refractivity contribution in [3.63, 3.8) is 0 Å². The number of ketones is 1. The zero-order valence-corrected chi connectivity index (χ0v) is 8.05. The number of rotatable bonds is 0. The summed E-state index contributed by atoms with van der Waals surface area (Å²) in [4.78, 5) is 11.8. The van der Waals surface area contributed by atoms with Crippen LogP contribution in [0.1, 0.15) is 39.5 Å². The number of hydrogen-bond acceptors (Lipinski definition) is 1. The summed E-state index contributed by atoms with van der Waals surface area (Å²) in [6.45, 7) is 4.41. The lowest BCUT2D eigenvalue weighted by Crippen LogP contribution is -2.32. The molecule has 0 amide bonds. The Morgan fingerprint density at radius 1 is 1.08 bits per heavy atom. The highest BCUT2D eigenvalue weighted by atomic mass is 16.1. The van der Waals surface area contributed by atoms with E-state index in [9.17, 15) is 4.79 Å². The van der Waals surface area contributed by atoms with Gasteiger partial charge in [-0.1, -0.05) is 13.8 Å². The van der Waals surface area contributed by atoms with Crippen molar-refractivity contribution in [2.24, 2.45) is 23.7 Å². The molecular formula is C11H18O. The highest BCUT2D eigenvalue weighted by molar-refractivity contribution is 5.84. The normalized spacial score (nSPS) is 47.7. The van der Waals surface area contributed by atoms with Crippen molar-refractivity contribution in [3.8, 4) is 0 Å². The van der Waals surface area contributed by atoms with E-state index in [4.69, 9.17) is 0 Å². The van der Waals surface area contributed by atoms with Gasteiger partial charge in [-0.2, -0.15) is 0 Å². The Labute approximate surface area is 74.5 Å². The third-order valence-electron chi connectivity index (χ3n) is 3.96. The van der Waals surface area contributed by atoms with Crippen LogP contribution in [0.2, 0.25) is 0 Å². The monoisotopic (exact) mass is 166 g/mol. The van der Waals surface area contributed by atoms with Gasteiger partial charge in [0.05, 0.1) is 0 Å². The van der Waals surface area contributed by atoms with E-state index in [0.717, 1.165) is 18.3 Å². The Bertz CT molecular complexity index is 197. The molecule has 0 aliphatic heterocycles. The molecule has 0 spiro atoms. The first-order valence-corrected chi connectivity index (χ1v) is 5.24. The van der Waals surface area contributed by atoms with Gasteiger partial charge >= 0.3 is 0 Å². The molecular weight excluding hydrogens is 148 g/mol. The van der Waals surface area contributed by atoms with Gasteiger partial charge in [-0.3, -0.25) is 4.79 Å². The SMILES string of the molecule is C[C@@H]1CC[C@H]2C(=O)[C@@H](C)CC[C@@H]12. The van der Waals surface area contributed by atoms with Crippen molar-refractivity contribution >= 4 is 5.78 Å². The zero-order valence-electron chi connectivity index (χ0n) is 8.05. The molecule has 2 aliphatic carbocycles. The lowest BCUT2D eigenvalue weighted by molar-refractivity contribution is -0.130. The van der Waals surface area contributed by atoms with E-state index in [0.29, 0.717) is 17.6 Å². The van der Waals surface area contributed by atoms with Crippen molar-refractivity contribution < 1.29 is 4.79 Å². The summed E-state index contributed by atoms with van der Waals surface area (Å²) in [6.07, 6.45) is 4.91. The second-order valence-corrected chi connectivity index (χ2v) is 4.71. The molecule has 12 heavy (non-hydrogen) atoms. The summed E-state index contributed by atoms with van der Waals surface area (Å²) in [5.41, 5.74) is 0. The van der Waals surface area contributed by atoms with Gasteiger partial charge in [0, 0.05) is 11.8 Å². The van der Waals surface area contributed by atoms with Crippen molar-refractivity contribution in [2.45, 2.75) is 39.5 Å². The van der Waals surface area contributed by atoms with Gasteiger partial charge in [0.1, 0.15) is 5.78 Å². The maximum absolute atomic E-state index is 11.8. The fraction of sp³-hybridized carbons (Fsp3) is 0.909. The molecule has 0 heterocycles. The Morgan fingerprint density at radius 2 is 1.83 bits per heavy atom. The molecule has 0 unspecified atom stereocenters. The van der Waals surface area contributed by atoms with Gasteiger partial charge in [-0.05, 0) is 37.5 Å². The first kappa shape index (κ1) is 8.28. The number of carbonyl (C=O) groups is 1. The predicted molar refractivity (Wildman–Crippen MR) is 48.8 cm³/mol. The minimum Gasteiger partial charge on any atom is -0.299 e. The van der Waals surface area contributed by atoms with Gasteiger partial charge < -0.3 is 0 Å². The molecule has 2 fully saturated rings. The number of hydrogen-bond donors (Lipinski definition) is 0. The van der Waals surface area contributed by atoms with E-state index in [1.54, 1.807) is 0 Å². The molecule has 2 saturated carbocycles. The fourth-order valence-corrected chi connectivity index (χ4v) is 3.06. The predicted octanol–water partition coefficient (Wildman–Crippen LogP) is 2.65. The van der Waals surface area contributed by atoms with Crippen LogP contribution < -0.4 is 0 Å². The molecule has 2 rings (SSSR count). The summed E-state index contributed by atoms with van der Waals surface area (Å²) >= 11 is 0. The maximum atomic E-state index is 11.8. The molecule has 0 bridgehead atoms. The standard InChI is InChI=1S/C11H18O/c1-7-3-6-10-9(7)5-4-8(2)11(10)12/h7-10H,3-6H2,1-2H3/t7-,8+,9+,10-/m1/s1. The third kappa shape index (κ3) is 1.10. The van der Waals surface area contributed by atoms with E-state index in [2.05, 4.69) is 13.8 Å². The smallest absolute Gasteiger partial charge is 0.139 e. The van der Waals surface area contributed by atoms with Crippen LogP contribution in [-0.2, 0) is 4.79 Å². The first-order chi connectivity index (χ1) is 5.70. The minimum absolute atomic E-state index is 0.358. The van der Waals surface area contributed by atoms with E-state index in [1.165, 1.54) is 19.3 Å². The van der Waals surface area contributed by atoms with Gasteiger partial charge in [-0.25, -0.2) is 0 Å². The molecule has 0 aromatic carbocycles. The Hall–Kier alpha value is -0.330. The van der Waals surface area contributed by atoms with Crippen LogP contribution >= 0.6 is 0 Å². The minimum atomic E-state index is 0.358. The Morgan fingerprint density at radius 3 is 2.58 bits per heavy atom. The number of fused-ring (bicyclic) bond motifs is 1. The van der Waals surface area contributed by atoms with E-state index >= 15 is 0 Å². The summed E-state index contributed by atoms with van der Waals surface area (Å²) in [5.74, 6) is 2.93. The largest absolute Gasteiger partial charge is 0.299 e. The van der Waals surface area contributed by atoms with Crippen LogP contribution in [0.25, 0.3) is 0 Å². The second kappa shape index (κ2) is 2.86. The van der Waals surface area contributed by atoms with E-state index in [1.807, 2.05) is 0 Å². The maximum Gasteiger partial charge on any atom is 0.139 e. The van der Waals surface area contributed by atoms with Crippen LogP contribution in [0, 0.1) is 23.7 Å². The molecule has 0 saturated heterocycles. The molecule has 1 nitrogen and oxygen atoms in total. The highest BCUT2D eigenvalue weighted by Crippen LogP contribution is 2.45. The van der Waals surface area contributed by atoms with Crippen molar-refractivity contribution in [3.05, 3.63) is 0 Å². The fourth-order valence-electron chi connectivity index (χ4n) is 3.06. The molecule has 0 N–H and O–H groups in total. The summed E-state index contributed by atoms with van der Waals surface area (Å²) in [7, 11) is 0. The van der Waals surface area contributed by atoms with Crippen LogP contribution in [0.15, 0.2) is 0 Å². The number of Topliss-reactive ketones (excluding diaryl/α,β-unsaturated/α-hetero) is 1. The van der Waals surface area contributed by atoms with Crippen molar-refractivity contribution in [2.75, 3.05) is 0 Å². The molecule has 0 radical (unpaired) electrons. The molecule has 2 aliphatic rings. The molecule has 1 heteroatoms. The van der Waals surface area contributed by atoms with Gasteiger partial charge in [0.2, 0.25) is 0 Å². The van der Waals surface area contributed by atoms with Gasteiger partial charge in [-0.15, -0.1) is 0 Å². The van der Waals surface area contributed by atoms with E-state index in [-0.39, 0.29) is 0 Å². The van der Waals surface area contributed by atoms with Gasteiger partial charge in [0.25, 0.3) is 0 Å². The lowest BCUT2D eigenvalue weighted by atomic mass is 9.73. The van der Waals surface area contributed by atoms with Crippen molar-refractivity contribution in [1.29, 1.82) is 0 Å². The summed E-state index contributed by atoms with van der Waals surface area (Å²) in [6, 6.07) is 0. The molecule has 68 valence electrons. The van der Waals surface area contributed by atoms with Crippen LogP contribution in [0.3, 0.4) is 0 Å². The first-order valence-electron chi connectivity index (χ1n) is 5.24. The number of carbonyl (C=O) groups excluding carboxylic acids is 1. The molecule has 0 aromatic heterocycles. The lowest BCUT2D eigenvalue weighted by Gasteiger charge is -2.30. The van der Waals surface area contributed by atoms with Crippen molar-refractivity contribution in [1.82, 2.24) is 0 Å². The topological polar surface area (TPSA) is 17.1 Å². The van der Waals surface area contributed by atoms with Gasteiger partial charge in [0.15, 0.2) is 0 Å². The summed E-state index contributed by atoms with van der Waals surface area (Å²) in [5, 5.41) is 0. The van der Waals surface area contributed by atoms with Crippen LogP contribution in [-0.4, -0.2) is 5.78 Å². The Kier molecular flexibility index (Phi) is 1.97. The third-order valence-corrected chi connectivity index (χ3v) is 3.96. The van der Waals surface area contributed by atoms with Crippen LogP contribution in [0.5, 0.6) is 0 Å². The van der Waals surface area contributed by atoms with E-state index < -0.39 is 0 Å². The Balaban J connectivity index is 2.14. The quantitative estimate of drug-likeness (QED) is 0.540. The second-order valence-electron chi connectivity index (χ2n) is 4.71. The molecule has 0 aromatic rings.